The van der Waals surface area contributed by atoms with Gasteiger partial charge in [0.2, 0.25) is 5.91 Å². The lowest BCUT2D eigenvalue weighted by atomic mass is 10.4. The number of likely N-dealkylation sites (N-methyl/N-ethyl adjacent to an activating group) is 1. The molecule has 76 valence electrons. The van der Waals surface area contributed by atoms with E-state index < -0.39 is 0 Å². The summed E-state index contributed by atoms with van der Waals surface area (Å²) in [7, 11) is 2.15. The Kier molecular flexibility index (Phi) is 4.18. The van der Waals surface area contributed by atoms with Gasteiger partial charge in [-0.15, -0.1) is 0 Å². The molecule has 0 aromatic heterocycles. The molecule has 0 unspecified atom stereocenters. The van der Waals surface area contributed by atoms with Gasteiger partial charge in [-0.1, -0.05) is 0 Å². The Balaban J connectivity index is 1.85. The van der Waals surface area contributed by atoms with Gasteiger partial charge < -0.3 is 16.0 Å². The monoisotopic (exact) mass is 185 g/mol. The largest absolute Gasteiger partial charge is 0.370 e. The highest BCUT2D eigenvalue weighted by atomic mass is 16.1. The highest BCUT2D eigenvalue weighted by Gasteiger charge is 2.25. The van der Waals surface area contributed by atoms with Gasteiger partial charge in [-0.2, -0.15) is 0 Å². The molecule has 0 atom stereocenters. The number of hydrogen-bond donors (Lipinski definition) is 2. The van der Waals surface area contributed by atoms with Crippen molar-refractivity contribution >= 4 is 5.91 Å². The summed E-state index contributed by atoms with van der Waals surface area (Å²) in [4.78, 5) is 12.7. The van der Waals surface area contributed by atoms with Crippen LogP contribution in [0.15, 0.2) is 0 Å². The van der Waals surface area contributed by atoms with Gasteiger partial charge in [0.15, 0.2) is 0 Å². The molecule has 0 bridgehead atoms. The lowest BCUT2D eigenvalue weighted by Crippen LogP contribution is -2.32. The number of carbonyl (C=O) groups excluding carboxylic acids is 1. The van der Waals surface area contributed by atoms with E-state index in [4.69, 9.17) is 5.73 Å². The van der Waals surface area contributed by atoms with Gasteiger partial charge in [0.1, 0.15) is 0 Å². The minimum atomic E-state index is -0.233. The van der Waals surface area contributed by atoms with Crippen molar-refractivity contribution in [2.45, 2.75) is 25.3 Å². The molecule has 4 nitrogen and oxygen atoms in total. The standard InChI is InChI=1S/C9H19N3O/c1-12(8-2-3-8)7-6-11-5-4-9(10)13/h8,11H,2-7H2,1H3,(H2,10,13). The van der Waals surface area contributed by atoms with E-state index in [1.807, 2.05) is 0 Å². The number of hydrogen-bond acceptors (Lipinski definition) is 3. The lowest BCUT2D eigenvalue weighted by molar-refractivity contribution is -0.117. The van der Waals surface area contributed by atoms with Gasteiger partial charge >= 0.3 is 0 Å². The second-order valence-corrected chi connectivity index (χ2v) is 3.68. The molecular formula is C9H19N3O. The number of nitrogens with zero attached hydrogens (tertiary/aromatic N) is 1. The average Bonchev–Trinajstić information content (AvgIpc) is 2.85. The summed E-state index contributed by atoms with van der Waals surface area (Å²) in [5.74, 6) is -0.233. The Morgan fingerprint density at radius 2 is 2.23 bits per heavy atom. The first-order valence-corrected chi connectivity index (χ1v) is 4.89. The molecule has 0 aromatic rings. The van der Waals surface area contributed by atoms with Crippen molar-refractivity contribution in [1.29, 1.82) is 0 Å². The summed E-state index contributed by atoms with van der Waals surface area (Å²) >= 11 is 0. The van der Waals surface area contributed by atoms with Crippen LogP contribution < -0.4 is 11.1 Å². The van der Waals surface area contributed by atoms with E-state index in [2.05, 4.69) is 17.3 Å². The van der Waals surface area contributed by atoms with E-state index in [0.29, 0.717) is 13.0 Å². The highest BCUT2D eigenvalue weighted by Crippen LogP contribution is 2.24. The fourth-order valence-electron chi connectivity index (χ4n) is 1.29. The second-order valence-electron chi connectivity index (χ2n) is 3.68. The third-order valence-corrected chi connectivity index (χ3v) is 2.36. The van der Waals surface area contributed by atoms with Crippen LogP contribution in [0, 0.1) is 0 Å². The predicted molar refractivity (Wildman–Crippen MR) is 52.3 cm³/mol. The average molecular weight is 185 g/mol. The van der Waals surface area contributed by atoms with Crippen molar-refractivity contribution in [2.24, 2.45) is 5.73 Å². The van der Waals surface area contributed by atoms with Crippen molar-refractivity contribution in [3.05, 3.63) is 0 Å². The van der Waals surface area contributed by atoms with Crippen LogP contribution >= 0.6 is 0 Å². The Labute approximate surface area is 79.5 Å². The molecule has 0 spiro atoms. The van der Waals surface area contributed by atoms with Crippen molar-refractivity contribution in [2.75, 3.05) is 26.7 Å². The summed E-state index contributed by atoms with van der Waals surface area (Å²) in [6, 6.07) is 0.818. The van der Waals surface area contributed by atoms with Gasteiger partial charge in [-0.3, -0.25) is 4.79 Å². The third-order valence-electron chi connectivity index (χ3n) is 2.36. The van der Waals surface area contributed by atoms with Crippen LogP contribution in [0.4, 0.5) is 0 Å². The zero-order valence-electron chi connectivity index (χ0n) is 8.25. The first kappa shape index (κ1) is 10.5. The Morgan fingerprint density at radius 3 is 2.77 bits per heavy atom. The van der Waals surface area contributed by atoms with Crippen LogP contribution in [0.3, 0.4) is 0 Å². The molecule has 1 amide bonds. The van der Waals surface area contributed by atoms with Crippen LogP contribution in [0.1, 0.15) is 19.3 Å². The summed E-state index contributed by atoms with van der Waals surface area (Å²) in [6.07, 6.45) is 3.13. The number of rotatable bonds is 7. The molecule has 0 aliphatic heterocycles. The maximum Gasteiger partial charge on any atom is 0.218 e. The van der Waals surface area contributed by atoms with Crippen LogP contribution in [0.5, 0.6) is 0 Å². The van der Waals surface area contributed by atoms with E-state index in [-0.39, 0.29) is 5.91 Å². The molecule has 1 aliphatic carbocycles. The molecular weight excluding hydrogens is 166 g/mol. The van der Waals surface area contributed by atoms with E-state index in [1.54, 1.807) is 0 Å². The van der Waals surface area contributed by atoms with Crippen LogP contribution in [-0.4, -0.2) is 43.5 Å². The summed E-state index contributed by atoms with van der Waals surface area (Å²) < 4.78 is 0. The molecule has 3 N–H and O–H groups in total. The molecule has 0 heterocycles. The lowest BCUT2D eigenvalue weighted by Gasteiger charge is -2.15. The summed E-state index contributed by atoms with van der Waals surface area (Å²) in [6.45, 7) is 2.71. The predicted octanol–water partition coefficient (Wildman–Crippen LogP) is -0.454. The van der Waals surface area contributed by atoms with Gasteiger partial charge in [-0.25, -0.2) is 0 Å². The van der Waals surface area contributed by atoms with E-state index in [9.17, 15) is 4.79 Å². The van der Waals surface area contributed by atoms with Crippen LogP contribution in [0.2, 0.25) is 0 Å². The Bertz CT molecular complexity index is 168. The van der Waals surface area contributed by atoms with E-state index in [0.717, 1.165) is 19.1 Å². The van der Waals surface area contributed by atoms with Crippen LogP contribution in [0.25, 0.3) is 0 Å². The van der Waals surface area contributed by atoms with E-state index >= 15 is 0 Å². The van der Waals surface area contributed by atoms with Crippen molar-refractivity contribution < 1.29 is 4.79 Å². The minimum Gasteiger partial charge on any atom is -0.370 e. The van der Waals surface area contributed by atoms with Crippen molar-refractivity contribution in [3.63, 3.8) is 0 Å². The molecule has 13 heavy (non-hydrogen) atoms. The van der Waals surface area contributed by atoms with Crippen LogP contribution in [-0.2, 0) is 4.79 Å². The zero-order chi connectivity index (χ0) is 9.68. The smallest absolute Gasteiger partial charge is 0.218 e. The highest BCUT2D eigenvalue weighted by molar-refractivity contribution is 5.73. The van der Waals surface area contributed by atoms with Gasteiger partial charge in [0.25, 0.3) is 0 Å². The maximum atomic E-state index is 10.4. The Morgan fingerprint density at radius 1 is 1.54 bits per heavy atom. The Hall–Kier alpha value is -0.610. The maximum absolute atomic E-state index is 10.4. The topological polar surface area (TPSA) is 58.4 Å². The number of primary amides is 1. The van der Waals surface area contributed by atoms with Crippen molar-refractivity contribution in [1.82, 2.24) is 10.2 Å². The zero-order valence-corrected chi connectivity index (χ0v) is 8.25. The normalized spacial score (nSPS) is 16.5. The molecule has 4 heteroatoms. The SMILES string of the molecule is CN(CCNCCC(N)=O)C1CC1. The fourth-order valence-corrected chi connectivity index (χ4v) is 1.29. The fraction of sp³-hybridized carbons (Fsp3) is 0.889. The number of amides is 1. The molecule has 1 rings (SSSR count). The van der Waals surface area contributed by atoms with Gasteiger partial charge in [-0.05, 0) is 19.9 Å². The summed E-state index contributed by atoms with van der Waals surface area (Å²) in [5, 5.41) is 3.19. The van der Waals surface area contributed by atoms with E-state index in [1.165, 1.54) is 12.8 Å². The second kappa shape index (κ2) is 5.19. The third kappa shape index (κ3) is 4.85. The van der Waals surface area contributed by atoms with Gasteiger partial charge in [0.05, 0.1) is 0 Å². The number of carbonyl (C=O) groups is 1. The first-order valence-electron chi connectivity index (χ1n) is 4.89. The molecule has 0 aromatic carbocycles. The first-order chi connectivity index (χ1) is 6.20. The molecule has 0 radical (unpaired) electrons. The summed E-state index contributed by atoms with van der Waals surface area (Å²) in [5.41, 5.74) is 5.00. The molecule has 1 aliphatic rings. The minimum absolute atomic E-state index is 0.233. The molecule has 1 saturated carbocycles. The number of nitrogens with two attached hydrogens (primary N) is 1. The van der Waals surface area contributed by atoms with Crippen molar-refractivity contribution in [3.8, 4) is 0 Å². The quantitative estimate of drug-likeness (QED) is 0.528. The molecule has 1 fully saturated rings. The molecule has 0 saturated heterocycles. The number of nitrogens with one attached hydrogen (secondary N) is 1. The van der Waals surface area contributed by atoms with Gasteiger partial charge in [0, 0.05) is 32.1 Å².